The summed E-state index contributed by atoms with van der Waals surface area (Å²) in [5.41, 5.74) is 7.10. The van der Waals surface area contributed by atoms with E-state index in [1.807, 2.05) is 25.1 Å². The number of rotatable bonds is 4. The molecule has 0 aromatic carbocycles. The average Bonchev–Trinajstić information content (AvgIpc) is 3.03. The van der Waals surface area contributed by atoms with E-state index in [-0.39, 0.29) is 11.6 Å². The fourth-order valence-electron chi connectivity index (χ4n) is 3.73. The zero-order valence-corrected chi connectivity index (χ0v) is 16.7. The van der Waals surface area contributed by atoms with Gasteiger partial charge in [-0.3, -0.25) is 4.98 Å². The minimum absolute atomic E-state index is 0.284. The molecule has 2 heterocycles. The van der Waals surface area contributed by atoms with Crippen LogP contribution in [0.4, 0.5) is 18.0 Å². The molecule has 1 aliphatic carbocycles. The first-order chi connectivity index (χ1) is 14.0. The van der Waals surface area contributed by atoms with Gasteiger partial charge in [0.1, 0.15) is 0 Å². The topological polar surface area (TPSA) is 115 Å². The molecule has 1 spiro atoms. The molecule has 1 saturated carbocycles. The van der Waals surface area contributed by atoms with Gasteiger partial charge in [-0.15, -0.1) is 0 Å². The van der Waals surface area contributed by atoms with Crippen molar-refractivity contribution in [2.45, 2.75) is 44.6 Å². The van der Waals surface area contributed by atoms with Crippen molar-refractivity contribution in [3.63, 3.8) is 0 Å². The number of nitrogens with zero attached hydrogens (tertiary/aromatic N) is 2. The predicted molar refractivity (Wildman–Crippen MR) is 99.5 cm³/mol. The number of pyridine rings is 1. The van der Waals surface area contributed by atoms with Gasteiger partial charge in [0.25, 0.3) is 0 Å². The number of carboxylic acids is 1. The summed E-state index contributed by atoms with van der Waals surface area (Å²) in [5, 5.41) is 7.12. The minimum Gasteiger partial charge on any atom is -0.475 e. The van der Waals surface area contributed by atoms with Crippen LogP contribution in [-0.4, -0.2) is 65.1 Å². The van der Waals surface area contributed by atoms with Crippen LogP contribution in [0.15, 0.2) is 18.2 Å². The summed E-state index contributed by atoms with van der Waals surface area (Å²) in [6.45, 7) is 4.83. The fraction of sp³-hybridized carbons (Fsp3) is 0.632. The van der Waals surface area contributed by atoms with Crippen LogP contribution < -0.4 is 5.73 Å². The molecule has 1 aromatic heterocycles. The lowest BCUT2D eigenvalue weighted by Crippen LogP contribution is -2.57. The maximum Gasteiger partial charge on any atom is 0.490 e. The van der Waals surface area contributed by atoms with Crippen LogP contribution in [0.1, 0.15) is 30.7 Å². The number of aromatic nitrogens is 1. The van der Waals surface area contributed by atoms with E-state index in [9.17, 15) is 18.0 Å². The van der Waals surface area contributed by atoms with Crippen LogP contribution in [0.2, 0.25) is 0 Å². The van der Waals surface area contributed by atoms with Crippen molar-refractivity contribution in [1.82, 2.24) is 9.88 Å². The molecule has 2 amide bonds. The number of hydrogen-bond acceptors (Lipinski definition) is 5. The third-order valence-corrected chi connectivity index (χ3v) is 5.17. The lowest BCUT2D eigenvalue weighted by molar-refractivity contribution is -0.192. The van der Waals surface area contributed by atoms with Gasteiger partial charge in [0.15, 0.2) is 0 Å². The van der Waals surface area contributed by atoms with Gasteiger partial charge in [-0.25, -0.2) is 9.59 Å². The maximum absolute atomic E-state index is 11.5. The molecule has 2 atom stereocenters. The number of amides is 2. The van der Waals surface area contributed by atoms with E-state index < -0.39 is 12.1 Å². The van der Waals surface area contributed by atoms with E-state index >= 15 is 0 Å². The second-order valence-electron chi connectivity index (χ2n) is 7.35. The van der Waals surface area contributed by atoms with E-state index in [0.717, 1.165) is 30.7 Å². The van der Waals surface area contributed by atoms with Crippen molar-refractivity contribution in [3.8, 4) is 0 Å². The van der Waals surface area contributed by atoms with E-state index in [1.54, 1.807) is 4.90 Å². The van der Waals surface area contributed by atoms with Crippen molar-refractivity contribution >= 4 is 12.0 Å². The van der Waals surface area contributed by atoms with Crippen molar-refractivity contribution in [1.29, 1.82) is 0 Å². The normalized spacial score (nSPS) is 23.7. The highest BCUT2D eigenvalue weighted by Crippen LogP contribution is 2.41. The number of ether oxygens (including phenoxy) is 2. The molecule has 2 aliphatic rings. The van der Waals surface area contributed by atoms with Crippen LogP contribution in [0, 0.1) is 12.8 Å². The summed E-state index contributed by atoms with van der Waals surface area (Å²) in [7, 11) is 0. The van der Waals surface area contributed by atoms with Gasteiger partial charge in [-0.2, -0.15) is 13.2 Å². The van der Waals surface area contributed by atoms with E-state index in [1.165, 1.54) is 0 Å². The molecule has 3 N–H and O–H groups in total. The van der Waals surface area contributed by atoms with Crippen molar-refractivity contribution in [3.05, 3.63) is 29.6 Å². The summed E-state index contributed by atoms with van der Waals surface area (Å²) in [6.07, 6.45) is -1.95. The Hall–Kier alpha value is -2.40. The molecule has 168 valence electrons. The van der Waals surface area contributed by atoms with Crippen LogP contribution in [0.5, 0.6) is 0 Å². The Balaban J connectivity index is 0.000000396. The number of alkyl halides is 3. The van der Waals surface area contributed by atoms with Crippen LogP contribution in [0.25, 0.3) is 0 Å². The molecule has 0 unspecified atom stereocenters. The number of aryl methyl sites for hydroxylation is 1. The highest BCUT2D eigenvalue weighted by atomic mass is 19.4. The fourth-order valence-corrected chi connectivity index (χ4v) is 3.73. The monoisotopic (exact) mass is 433 g/mol. The molecule has 11 heteroatoms. The Morgan fingerprint density at radius 1 is 1.43 bits per heavy atom. The van der Waals surface area contributed by atoms with Gasteiger partial charge in [-0.1, -0.05) is 12.5 Å². The number of primary amides is 1. The Morgan fingerprint density at radius 2 is 2.13 bits per heavy atom. The van der Waals surface area contributed by atoms with Crippen LogP contribution in [-0.2, 0) is 20.9 Å². The Bertz CT molecular complexity index is 746. The zero-order valence-electron chi connectivity index (χ0n) is 16.7. The molecule has 0 radical (unpaired) electrons. The predicted octanol–water partition coefficient (Wildman–Crippen LogP) is 2.49. The molecular formula is C19H26F3N3O5. The molecule has 2 fully saturated rings. The summed E-state index contributed by atoms with van der Waals surface area (Å²) in [6, 6.07) is 5.59. The quantitative estimate of drug-likeness (QED) is 0.754. The van der Waals surface area contributed by atoms with E-state index in [2.05, 4.69) is 4.98 Å². The SMILES string of the molecule is Cc1cccc(COC[C@H]2CCC[C@]23CN(C(N)=O)CCO3)n1.O=C(O)C(F)(F)F. The van der Waals surface area contributed by atoms with E-state index in [4.69, 9.17) is 25.1 Å². The third kappa shape index (κ3) is 6.56. The average molecular weight is 433 g/mol. The molecule has 0 bridgehead atoms. The number of aliphatic carboxylic acids is 1. The van der Waals surface area contributed by atoms with Gasteiger partial charge < -0.3 is 25.2 Å². The molecular weight excluding hydrogens is 407 g/mol. The number of morpholine rings is 1. The summed E-state index contributed by atoms with van der Waals surface area (Å²) >= 11 is 0. The number of halogens is 3. The lowest BCUT2D eigenvalue weighted by atomic mass is 9.89. The number of urea groups is 1. The second-order valence-corrected chi connectivity index (χ2v) is 7.35. The van der Waals surface area contributed by atoms with Gasteiger partial charge in [0.2, 0.25) is 0 Å². The Morgan fingerprint density at radius 3 is 2.73 bits per heavy atom. The second kappa shape index (κ2) is 10.1. The Labute approximate surface area is 172 Å². The summed E-state index contributed by atoms with van der Waals surface area (Å²) in [4.78, 5) is 26.5. The summed E-state index contributed by atoms with van der Waals surface area (Å²) < 4.78 is 43.7. The maximum atomic E-state index is 11.5. The smallest absolute Gasteiger partial charge is 0.475 e. The molecule has 8 nitrogen and oxygen atoms in total. The highest BCUT2D eigenvalue weighted by molar-refractivity contribution is 5.73. The molecule has 1 aromatic rings. The number of nitrogens with two attached hydrogens (primary N) is 1. The minimum atomic E-state index is -5.08. The first-order valence-electron chi connectivity index (χ1n) is 9.52. The first-order valence-corrected chi connectivity index (χ1v) is 9.52. The van der Waals surface area contributed by atoms with Crippen molar-refractivity contribution < 1.29 is 37.3 Å². The largest absolute Gasteiger partial charge is 0.490 e. The number of carboxylic acid groups (broad SMARTS) is 1. The molecule has 1 aliphatic heterocycles. The highest BCUT2D eigenvalue weighted by Gasteiger charge is 2.47. The standard InChI is InChI=1S/C17H25N3O3.C2HF3O2/c1-13-4-2-6-15(19-13)11-22-10-14-5-3-7-17(14)12-20(16(18)21)8-9-23-17;3-2(4,5)1(6)7/h2,4,6,14H,3,5,7-12H2,1H3,(H2,18,21);(H,6,7)/t14-,17+;/m1./s1. The lowest BCUT2D eigenvalue weighted by Gasteiger charge is -2.43. The van der Waals surface area contributed by atoms with Gasteiger partial charge >= 0.3 is 18.2 Å². The van der Waals surface area contributed by atoms with Crippen molar-refractivity contribution in [2.24, 2.45) is 11.7 Å². The Kier molecular flexibility index (Phi) is 8.02. The van der Waals surface area contributed by atoms with Crippen LogP contribution in [0.3, 0.4) is 0 Å². The molecule has 30 heavy (non-hydrogen) atoms. The number of carbonyl (C=O) groups is 2. The summed E-state index contributed by atoms with van der Waals surface area (Å²) in [5.74, 6) is -2.46. The van der Waals surface area contributed by atoms with Gasteiger partial charge in [0, 0.05) is 18.2 Å². The molecule has 3 rings (SSSR count). The van der Waals surface area contributed by atoms with Crippen molar-refractivity contribution in [2.75, 3.05) is 26.3 Å². The van der Waals surface area contributed by atoms with Gasteiger partial charge in [0.05, 0.1) is 37.7 Å². The third-order valence-electron chi connectivity index (χ3n) is 5.17. The number of carbonyl (C=O) groups excluding carboxylic acids is 1. The molecule has 1 saturated heterocycles. The van der Waals surface area contributed by atoms with E-state index in [0.29, 0.717) is 38.8 Å². The first kappa shape index (κ1) is 23.9. The van der Waals surface area contributed by atoms with Gasteiger partial charge in [-0.05, 0) is 31.9 Å². The van der Waals surface area contributed by atoms with Crippen LogP contribution >= 0.6 is 0 Å². The zero-order chi connectivity index (χ0) is 22.4. The number of hydrogen-bond donors (Lipinski definition) is 2.